The zero-order valence-corrected chi connectivity index (χ0v) is 13.3. The van der Waals surface area contributed by atoms with Crippen LogP contribution in [-0.4, -0.2) is 58.0 Å². The van der Waals surface area contributed by atoms with E-state index < -0.39 is 10.0 Å². The van der Waals surface area contributed by atoms with E-state index in [1.54, 1.807) is 6.92 Å². The highest BCUT2D eigenvalue weighted by molar-refractivity contribution is 7.89. The number of ether oxygens (including phenoxy) is 1. The lowest BCUT2D eigenvalue weighted by Crippen LogP contribution is -2.46. The van der Waals surface area contributed by atoms with Crippen molar-refractivity contribution >= 4 is 10.0 Å². The van der Waals surface area contributed by atoms with E-state index in [2.05, 4.69) is 21.8 Å². The van der Waals surface area contributed by atoms with Gasteiger partial charge in [0.15, 0.2) is 0 Å². The van der Waals surface area contributed by atoms with Gasteiger partial charge in [0.25, 0.3) is 0 Å². The summed E-state index contributed by atoms with van der Waals surface area (Å²) < 4.78 is 31.2. The van der Waals surface area contributed by atoms with E-state index in [9.17, 15) is 8.42 Å². The van der Waals surface area contributed by atoms with E-state index >= 15 is 0 Å². The fourth-order valence-corrected chi connectivity index (χ4v) is 3.05. The van der Waals surface area contributed by atoms with Crippen LogP contribution in [0, 0.1) is 0 Å². The van der Waals surface area contributed by atoms with Crippen molar-refractivity contribution in [2.45, 2.75) is 19.4 Å². The lowest BCUT2D eigenvalue weighted by molar-refractivity contribution is -0.0267. The minimum atomic E-state index is -3.09. The Kier molecular flexibility index (Phi) is 6.17. The predicted octanol–water partition coefficient (Wildman–Crippen LogP) is 0.869. The Morgan fingerprint density at radius 2 is 2.10 bits per heavy atom. The highest BCUT2D eigenvalue weighted by Gasteiger charge is 2.20. The zero-order chi connectivity index (χ0) is 15.1. The van der Waals surface area contributed by atoms with Crippen LogP contribution in [-0.2, 0) is 21.2 Å². The van der Waals surface area contributed by atoms with Crippen LogP contribution < -0.4 is 4.72 Å². The van der Waals surface area contributed by atoms with Gasteiger partial charge in [-0.3, -0.25) is 4.90 Å². The van der Waals surface area contributed by atoms with E-state index in [0.29, 0.717) is 13.2 Å². The third kappa shape index (κ3) is 5.74. The molecule has 0 saturated carbocycles. The fourth-order valence-electron chi connectivity index (χ4n) is 2.45. The number of rotatable bonds is 7. The average molecular weight is 312 g/mol. The predicted molar refractivity (Wildman–Crippen MR) is 83.8 cm³/mol. The molecule has 1 unspecified atom stereocenters. The Balaban J connectivity index is 1.76. The molecule has 1 saturated heterocycles. The number of hydrogen-bond acceptors (Lipinski definition) is 4. The Morgan fingerprint density at radius 3 is 2.81 bits per heavy atom. The van der Waals surface area contributed by atoms with E-state index in [1.807, 2.05) is 18.2 Å². The van der Waals surface area contributed by atoms with Crippen LogP contribution in [0.25, 0.3) is 0 Å². The molecule has 1 aromatic rings. The molecule has 1 fully saturated rings. The zero-order valence-electron chi connectivity index (χ0n) is 12.5. The molecule has 6 heteroatoms. The SMILES string of the molecule is CCS(=O)(=O)NCCN1CCOC(Cc2ccccc2)C1. The summed E-state index contributed by atoms with van der Waals surface area (Å²) in [7, 11) is -3.09. The van der Waals surface area contributed by atoms with Gasteiger partial charge in [0, 0.05) is 26.2 Å². The maximum Gasteiger partial charge on any atom is 0.211 e. The topological polar surface area (TPSA) is 58.6 Å². The Hall–Kier alpha value is -0.950. The summed E-state index contributed by atoms with van der Waals surface area (Å²) in [6.45, 7) is 5.26. The molecule has 21 heavy (non-hydrogen) atoms. The van der Waals surface area contributed by atoms with E-state index in [1.165, 1.54) is 5.56 Å². The molecule has 1 heterocycles. The molecule has 0 aliphatic carbocycles. The number of nitrogens with one attached hydrogen (secondary N) is 1. The number of nitrogens with zero attached hydrogens (tertiary/aromatic N) is 1. The molecule has 0 amide bonds. The van der Waals surface area contributed by atoms with Gasteiger partial charge in [-0.25, -0.2) is 13.1 Å². The van der Waals surface area contributed by atoms with Crippen molar-refractivity contribution in [3.8, 4) is 0 Å². The summed E-state index contributed by atoms with van der Waals surface area (Å²) in [5, 5.41) is 0. The summed E-state index contributed by atoms with van der Waals surface area (Å²) in [4.78, 5) is 2.26. The van der Waals surface area contributed by atoms with Crippen molar-refractivity contribution in [1.82, 2.24) is 9.62 Å². The Labute approximate surface area is 127 Å². The van der Waals surface area contributed by atoms with Crippen LogP contribution in [0.3, 0.4) is 0 Å². The van der Waals surface area contributed by atoms with Crippen LogP contribution in [0.15, 0.2) is 30.3 Å². The smallest absolute Gasteiger partial charge is 0.211 e. The Bertz CT molecular complexity index is 519. The van der Waals surface area contributed by atoms with Crippen molar-refractivity contribution < 1.29 is 13.2 Å². The van der Waals surface area contributed by atoms with E-state index in [0.717, 1.165) is 26.1 Å². The first-order valence-corrected chi connectivity index (χ1v) is 9.09. The van der Waals surface area contributed by atoms with Crippen LogP contribution in [0.4, 0.5) is 0 Å². The van der Waals surface area contributed by atoms with Gasteiger partial charge in [-0.1, -0.05) is 30.3 Å². The van der Waals surface area contributed by atoms with Crippen LogP contribution in [0.2, 0.25) is 0 Å². The molecular formula is C15H24N2O3S. The third-order valence-electron chi connectivity index (χ3n) is 3.66. The number of sulfonamides is 1. The molecule has 0 aromatic heterocycles. The molecule has 0 bridgehead atoms. The van der Waals surface area contributed by atoms with Crippen molar-refractivity contribution in [2.24, 2.45) is 0 Å². The van der Waals surface area contributed by atoms with Crippen LogP contribution in [0.5, 0.6) is 0 Å². The second kappa shape index (κ2) is 7.89. The summed E-state index contributed by atoms with van der Waals surface area (Å²) in [6, 6.07) is 10.3. The summed E-state index contributed by atoms with van der Waals surface area (Å²) in [5.74, 6) is 0.132. The van der Waals surface area contributed by atoms with Gasteiger partial charge in [-0.05, 0) is 18.9 Å². The van der Waals surface area contributed by atoms with Crippen molar-refractivity contribution in [3.63, 3.8) is 0 Å². The van der Waals surface area contributed by atoms with Crippen molar-refractivity contribution in [1.29, 1.82) is 0 Å². The van der Waals surface area contributed by atoms with Crippen molar-refractivity contribution in [3.05, 3.63) is 35.9 Å². The van der Waals surface area contributed by atoms with Gasteiger partial charge >= 0.3 is 0 Å². The number of benzene rings is 1. The molecule has 1 aliphatic heterocycles. The monoisotopic (exact) mass is 312 g/mol. The largest absolute Gasteiger partial charge is 0.375 e. The molecule has 1 atom stereocenters. The van der Waals surface area contributed by atoms with E-state index in [4.69, 9.17) is 4.74 Å². The summed E-state index contributed by atoms with van der Waals surface area (Å²) in [5.41, 5.74) is 1.27. The van der Waals surface area contributed by atoms with Gasteiger partial charge in [0.2, 0.25) is 10.0 Å². The van der Waals surface area contributed by atoms with E-state index in [-0.39, 0.29) is 11.9 Å². The molecule has 118 valence electrons. The molecule has 2 rings (SSSR count). The molecule has 1 aromatic carbocycles. The average Bonchev–Trinajstić information content (AvgIpc) is 2.48. The number of morpholine rings is 1. The minimum absolute atomic E-state index is 0.132. The second-order valence-electron chi connectivity index (χ2n) is 5.28. The van der Waals surface area contributed by atoms with Crippen molar-refractivity contribution in [2.75, 3.05) is 38.5 Å². The van der Waals surface area contributed by atoms with Gasteiger partial charge in [0.05, 0.1) is 18.5 Å². The molecule has 0 spiro atoms. The van der Waals surface area contributed by atoms with Gasteiger partial charge < -0.3 is 4.74 Å². The first-order chi connectivity index (χ1) is 10.1. The minimum Gasteiger partial charge on any atom is -0.375 e. The molecule has 1 N–H and O–H groups in total. The maximum absolute atomic E-state index is 11.4. The lowest BCUT2D eigenvalue weighted by atomic mass is 10.1. The summed E-state index contributed by atoms with van der Waals surface area (Å²) >= 11 is 0. The molecule has 1 aliphatic rings. The Morgan fingerprint density at radius 1 is 1.33 bits per heavy atom. The van der Waals surface area contributed by atoms with Gasteiger partial charge in [-0.15, -0.1) is 0 Å². The second-order valence-corrected chi connectivity index (χ2v) is 7.38. The normalized spacial score (nSPS) is 20.5. The highest BCUT2D eigenvalue weighted by Crippen LogP contribution is 2.11. The number of hydrogen-bond donors (Lipinski definition) is 1. The fraction of sp³-hybridized carbons (Fsp3) is 0.600. The molecule has 0 radical (unpaired) electrons. The lowest BCUT2D eigenvalue weighted by Gasteiger charge is -2.33. The van der Waals surface area contributed by atoms with Crippen LogP contribution >= 0.6 is 0 Å². The standard InChI is InChI=1S/C15H24N2O3S/c1-2-21(18,19)16-8-9-17-10-11-20-15(13-17)12-14-6-4-3-5-7-14/h3-7,15-16H,2,8-13H2,1H3. The quantitative estimate of drug-likeness (QED) is 0.812. The van der Waals surface area contributed by atoms with Gasteiger partial charge in [0.1, 0.15) is 0 Å². The summed E-state index contributed by atoms with van der Waals surface area (Å²) in [6.07, 6.45) is 1.09. The molecular weight excluding hydrogens is 288 g/mol. The van der Waals surface area contributed by atoms with Crippen LogP contribution in [0.1, 0.15) is 12.5 Å². The maximum atomic E-state index is 11.4. The van der Waals surface area contributed by atoms with Gasteiger partial charge in [-0.2, -0.15) is 0 Å². The first kappa shape index (κ1) is 16.4. The first-order valence-electron chi connectivity index (χ1n) is 7.44. The highest BCUT2D eigenvalue weighted by atomic mass is 32.2. The third-order valence-corrected chi connectivity index (χ3v) is 5.06. The molecule has 5 nitrogen and oxygen atoms in total.